The lowest BCUT2D eigenvalue weighted by Gasteiger charge is -2.22. The average Bonchev–Trinajstić information content (AvgIpc) is 3.39. The molecule has 0 aliphatic heterocycles. The summed E-state index contributed by atoms with van der Waals surface area (Å²) in [5, 5.41) is 7.92. The highest BCUT2D eigenvalue weighted by molar-refractivity contribution is 6.10. The number of allylic oxidation sites excluding steroid dienone is 7. The first-order chi connectivity index (χ1) is 22.1. The van der Waals surface area contributed by atoms with Crippen LogP contribution < -0.4 is 5.35 Å². The monoisotopic (exact) mass is 583 g/mol. The molecule has 7 rings (SSSR count). The maximum atomic E-state index is 4.54. The van der Waals surface area contributed by atoms with E-state index in [1.807, 2.05) is 0 Å². The molecule has 6 aromatic rings. The Morgan fingerprint density at radius 3 is 2.31 bits per heavy atom. The van der Waals surface area contributed by atoms with E-state index in [0.29, 0.717) is 0 Å². The minimum Gasteiger partial charge on any atom is -0.340 e. The first-order valence-corrected chi connectivity index (χ1v) is 16.5. The third-order valence-electron chi connectivity index (χ3n) is 9.46. The third-order valence-corrected chi connectivity index (χ3v) is 9.46. The maximum Gasteiger partial charge on any atom is 0.0497 e. The molecule has 0 unspecified atom stereocenters. The van der Waals surface area contributed by atoms with Crippen LogP contribution >= 0.6 is 0 Å². The van der Waals surface area contributed by atoms with E-state index in [9.17, 15) is 0 Å². The highest BCUT2D eigenvalue weighted by atomic mass is 15.0. The van der Waals surface area contributed by atoms with E-state index in [1.165, 1.54) is 84.0 Å². The van der Waals surface area contributed by atoms with E-state index >= 15 is 0 Å². The van der Waals surface area contributed by atoms with Crippen LogP contribution in [0.5, 0.6) is 0 Å². The van der Waals surface area contributed by atoms with Crippen LogP contribution in [0.15, 0.2) is 139 Å². The Labute approximate surface area is 267 Å². The summed E-state index contributed by atoms with van der Waals surface area (Å²) in [5.41, 5.74) is 10.3. The van der Waals surface area contributed by atoms with Crippen molar-refractivity contribution in [2.45, 2.75) is 52.5 Å². The van der Waals surface area contributed by atoms with Crippen molar-refractivity contribution in [2.75, 3.05) is 0 Å². The first-order valence-electron chi connectivity index (χ1n) is 16.5. The minimum absolute atomic E-state index is 1.03. The van der Waals surface area contributed by atoms with Crippen molar-refractivity contribution in [2.24, 2.45) is 0 Å². The van der Waals surface area contributed by atoms with Crippen molar-refractivity contribution in [1.29, 1.82) is 0 Å². The molecule has 0 amide bonds. The van der Waals surface area contributed by atoms with E-state index in [4.69, 9.17) is 0 Å². The Morgan fingerprint density at radius 1 is 0.778 bits per heavy atom. The van der Waals surface area contributed by atoms with Crippen LogP contribution in [0.1, 0.15) is 55.7 Å². The number of hydrogen-bond acceptors (Lipinski definition) is 0. The van der Waals surface area contributed by atoms with Crippen LogP contribution in [0, 0.1) is 6.92 Å². The van der Waals surface area contributed by atoms with Crippen LogP contribution in [-0.2, 0) is 6.54 Å². The number of aromatic nitrogens is 1. The van der Waals surface area contributed by atoms with Gasteiger partial charge < -0.3 is 4.57 Å². The number of rotatable bonds is 8. The van der Waals surface area contributed by atoms with Gasteiger partial charge in [-0.15, -0.1) is 0 Å². The fourth-order valence-corrected chi connectivity index (χ4v) is 7.27. The Morgan fingerprint density at radius 2 is 1.51 bits per heavy atom. The predicted octanol–water partition coefficient (Wildman–Crippen LogP) is 11.4. The molecule has 0 bridgehead atoms. The quantitative estimate of drug-likeness (QED) is 0.157. The Hall–Kier alpha value is -4.88. The second-order valence-corrected chi connectivity index (χ2v) is 12.4. The summed E-state index contributed by atoms with van der Waals surface area (Å²) in [6.45, 7) is 10.0. The fourth-order valence-electron chi connectivity index (χ4n) is 7.27. The van der Waals surface area contributed by atoms with Gasteiger partial charge in [0, 0.05) is 28.2 Å². The zero-order chi connectivity index (χ0) is 30.8. The molecule has 0 atom stereocenters. The third kappa shape index (κ3) is 5.49. The van der Waals surface area contributed by atoms with Crippen LogP contribution in [-0.4, -0.2) is 4.57 Å². The van der Waals surface area contributed by atoms with Gasteiger partial charge in [0.1, 0.15) is 0 Å². The minimum atomic E-state index is 1.03. The molecule has 1 aliphatic carbocycles. The van der Waals surface area contributed by atoms with E-state index < -0.39 is 0 Å². The van der Waals surface area contributed by atoms with Crippen LogP contribution in [0.25, 0.3) is 49.7 Å². The highest BCUT2D eigenvalue weighted by Gasteiger charge is 2.18. The highest BCUT2D eigenvalue weighted by Crippen LogP contribution is 2.38. The molecular formula is C44H41N. The molecule has 222 valence electrons. The van der Waals surface area contributed by atoms with Gasteiger partial charge in [0.05, 0.1) is 0 Å². The van der Waals surface area contributed by atoms with Gasteiger partial charge in [-0.2, -0.15) is 0 Å². The zero-order valence-electron chi connectivity index (χ0n) is 26.5. The van der Waals surface area contributed by atoms with Gasteiger partial charge in [0.25, 0.3) is 0 Å². The molecule has 0 spiro atoms. The van der Waals surface area contributed by atoms with E-state index in [0.717, 1.165) is 31.4 Å². The Bertz CT molecular complexity index is 2170. The Kier molecular flexibility index (Phi) is 8.09. The van der Waals surface area contributed by atoms with Crippen LogP contribution in [0.2, 0.25) is 0 Å². The van der Waals surface area contributed by atoms with Gasteiger partial charge in [-0.05, 0) is 99.9 Å². The average molecular weight is 584 g/mol. The molecule has 1 aromatic heterocycles. The summed E-state index contributed by atoms with van der Waals surface area (Å²) in [6.07, 6.45) is 15.0. The number of nitrogens with zero attached hydrogens (tertiary/aromatic N) is 1. The number of fused-ring (bicyclic) bond motifs is 1. The van der Waals surface area contributed by atoms with Gasteiger partial charge in [-0.25, -0.2) is 0 Å². The molecule has 5 aromatic carbocycles. The van der Waals surface area contributed by atoms with Gasteiger partial charge >= 0.3 is 0 Å². The van der Waals surface area contributed by atoms with E-state index in [1.54, 1.807) is 0 Å². The number of benzene rings is 5. The van der Waals surface area contributed by atoms with Gasteiger partial charge in [-0.1, -0.05) is 135 Å². The van der Waals surface area contributed by atoms with Crippen LogP contribution in [0.4, 0.5) is 0 Å². The normalized spacial score (nSPS) is 15.4. The molecular weight excluding hydrogens is 542 g/mol. The largest absolute Gasteiger partial charge is 0.340 e. The molecule has 0 N–H and O–H groups in total. The van der Waals surface area contributed by atoms with Gasteiger partial charge in [0.15, 0.2) is 0 Å². The molecule has 1 heterocycles. The molecule has 1 nitrogen and oxygen atoms in total. The molecule has 1 heteroatoms. The second kappa shape index (κ2) is 12.6. The lowest BCUT2D eigenvalue weighted by Crippen LogP contribution is -2.16. The summed E-state index contributed by atoms with van der Waals surface area (Å²) in [5.74, 6) is 0. The second-order valence-electron chi connectivity index (χ2n) is 12.4. The number of hydrogen-bond donors (Lipinski definition) is 0. The van der Waals surface area contributed by atoms with E-state index in [-0.39, 0.29) is 0 Å². The number of aryl methyl sites for hydroxylation is 2. The van der Waals surface area contributed by atoms with Crippen molar-refractivity contribution in [3.8, 4) is 0 Å². The number of unbranched alkanes of at least 4 members (excludes halogenated alkanes) is 1. The summed E-state index contributed by atoms with van der Waals surface area (Å²) < 4.78 is 2.55. The first kappa shape index (κ1) is 28.9. The van der Waals surface area contributed by atoms with Crippen molar-refractivity contribution < 1.29 is 0 Å². The fraction of sp³-hybridized carbons (Fsp3) is 0.182. The SMILES string of the molecule is C=C(/C=C/C1=C(c2ccccc2)C(=C/C=c2\c3cccc4cccc(c43)n2CCCC)/CCC1)c1cccc2cccc(C)c12. The summed E-state index contributed by atoms with van der Waals surface area (Å²) in [7, 11) is 0. The molecule has 1 aliphatic rings. The van der Waals surface area contributed by atoms with Crippen molar-refractivity contribution >= 4 is 49.7 Å². The molecule has 45 heavy (non-hydrogen) atoms. The van der Waals surface area contributed by atoms with Gasteiger partial charge in [0.2, 0.25) is 0 Å². The molecule has 0 saturated heterocycles. The maximum absolute atomic E-state index is 4.54. The summed E-state index contributed by atoms with van der Waals surface area (Å²) >= 11 is 0. The van der Waals surface area contributed by atoms with Gasteiger partial charge in [-0.3, -0.25) is 0 Å². The lowest BCUT2D eigenvalue weighted by molar-refractivity contribution is 0.640. The summed E-state index contributed by atoms with van der Waals surface area (Å²) in [6, 6.07) is 37.5. The topological polar surface area (TPSA) is 4.93 Å². The molecule has 0 radical (unpaired) electrons. The zero-order valence-corrected chi connectivity index (χ0v) is 26.5. The van der Waals surface area contributed by atoms with Crippen molar-refractivity contribution in [3.05, 3.63) is 161 Å². The standard InChI is InChI=1S/C44H41N/c1-4-5-30-45-40(39-24-12-21-35-22-13-25-41(45)44(35)39)29-28-37-19-10-18-36(43(37)34-15-7-6-8-16-34)27-26-31(2)38-23-11-20-33-17-9-14-32(3)42(33)38/h6-9,11-17,20-29H,2,4-5,10,18-19,30H2,1,3H3/b27-26+,37-28+,40-29+. The van der Waals surface area contributed by atoms with E-state index in [2.05, 4.69) is 152 Å². The molecule has 0 saturated carbocycles. The molecule has 0 fully saturated rings. The summed E-state index contributed by atoms with van der Waals surface area (Å²) in [4.78, 5) is 0. The lowest BCUT2D eigenvalue weighted by atomic mass is 9.82. The smallest absolute Gasteiger partial charge is 0.0497 e. The Balaban J connectivity index is 1.36. The predicted molar refractivity (Wildman–Crippen MR) is 196 cm³/mol. The van der Waals surface area contributed by atoms with Crippen molar-refractivity contribution in [3.63, 3.8) is 0 Å². The van der Waals surface area contributed by atoms with Crippen LogP contribution in [0.3, 0.4) is 0 Å². The van der Waals surface area contributed by atoms with Crippen molar-refractivity contribution in [1.82, 2.24) is 4.57 Å².